The van der Waals surface area contributed by atoms with E-state index in [2.05, 4.69) is 10.4 Å². The molecule has 0 aliphatic carbocycles. The molecule has 0 saturated carbocycles. The largest absolute Gasteiger partial charge is 0.491 e. The average Bonchev–Trinajstić information content (AvgIpc) is 2.79. The summed E-state index contributed by atoms with van der Waals surface area (Å²) in [6, 6.07) is 4.90. The highest BCUT2D eigenvalue weighted by Gasteiger charge is 2.33. The number of tetrazole rings is 1. The highest BCUT2D eigenvalue weighted by Crippen LogP contribution is 2.35. The van der Waals surface area contributed by atoms with Gasteiger partial charge in [-0.15, -0.1) is 0 Å². The summed E-state index contributed by atoms with van der Waals surface area (Å²) in [6.45, 7) is 2.01. The molecule has 0 saturated heterocycles. The Morgan fingerprint density at radius 1 is 1.19 bits per heavy atom. The van der Waals surface area contributed by atoms with Gasteiger partial charge in [-0.1, -0.05) is 12.1 Å². The number of aryl methyl sites for hydroxylation is 1. The summed E-state index contributed by atoms with van der Waals surface area (Å²) >= 11 is 0. The van der Waals surface area contributed by atoms with E-state index in [9.17, 15) is 18.0 Å². The maximum atomic E-state index is 12.8. The van der Waals surface area contributed by atoms with E-state index in [4.69, 9.17) is 4.74 Å². The predicted octanol–water partition coefficient (Wildman–Crippen LogP) is 1.56. The van der Waals surface area contributed by atoms with Crippen LogP contribution in [-0.4, -0.2) is 26.4 Å². The summed E-state index contributed by atoms with van der Waals surface area (Å²) < 4.78 is 45.5. The highest BCUT2D eigenvalue weighted by molar-refractivity contribution is 5.35. The first-order chi connectivity index (χ1) is 9.93. The Bertz CT molecular complexity index is 663. The molecule has 6 nitrogen and oxygen atoms in total. The Labute approximate surface area is 117 Å². The number of benzene rings is 1. The molecule has 0 atom stereocenters. The summed E-state index contributed by atoms with van der Waals surface area (Å²) in [5.74, 6) is -0.277. The molecule has 0 aliphatic heterocycles. The lowest BCUT2D eigenvalue weighted by Gasteiger charge is -2.13. The van der Waals surface area contributed by atoms with Crippen molar-refractivity contribution in [2.45, 2.75) is 26.2 Å². The smallest absolute Gasteiger partial charge is 0.419 e. The zero-order valence-electron chi connectivity index (χ0n) is 11.2. The molecule has 0 radical (unpaired) electrons. The Balaban J connectivity index is 2.04. The quantitative estimate of drug-likeness (QED) is 0.841. The van der Waals surface area contributed by atoms with Crippen LogP contribution in [0.25, 0.3) is 0 Å². The fourth-order valence-corrected chi connectivity index (χ4v) is 1.71. The van der Waals surface area contributed by atoms with Crippen LogP contribution >= 0.6 is 0 Å². The molecule has 0 unspecified atom stereocenters. The molecule has 0 fully saturated rings. The van der Waals surface area contributed by atoms with Crippen LogP contribution in [0.1, 0.15) is 12.5 Å². The van der Waals surface area contributed by atoms with Crippen molar-refractivity contribution in [3.8, 4) is 5.75 Å². The average molecular weight is 302 g/mol. The first kappa shape index (κ1) is 15.1. The lowest BCUT2D eigenvalue weighted by Crippen LogP contribution is -2.27. The Kier molecular flexibility index (Phi) is 4.29. The first-order valence-electron chi connectivity index (χ1n) is 6.23. The van der Waals surface area contributed by atoms with Gasteiger partial charge in [0.25, 0.3) is 0 Å². The first-order valence-corrected chi connectivity index (χ1v) is 6.23. The second-order valence-electron chi connectivity index (χ2n) is 4.14. The number of hydrogen-bond donors (Lipinski definition) is 0. The molecule has 0 N–H and O–H groups in total. The van der Waals surface area contributed by atoms with Gasteiger partial charge >= 0.3 is 11.9 Å². The van der Waals surface area contributed by atoms with Crippen LogP contribution < -0.4 is 10.4 Å². The third kappa shape index (κ3) is 3.41. The van der Waals surface area contributed by atoms with Gasteiger partial charge in [-0.3, -0.25) is 0 Å². The summed E-state index contributed by atoms with van der Waals surface area (Å²) in [5.41, 5.74) is -1.28. The fraction of sp³-hybridized carbons (Fsp3) is 0.417. The van der Waals surface area contributed by atoms with Crippen LogP contribution in [-0.2, 0) is 19.3 Å². The molecule has 0 bridgehead atoms. The predicted molar refractivity (Wildman–Crippen MR) is 66.9 cm³/mol. The minimum atomic E-state index is -4.49. The molecule has 0 spiro atoms. The molecule has 1 heterocycles. The number of rotatable bonds is 5. The van der Waals surface area contributed by atoms with Crippen molar-refractivity contribution in [2.24, 2.45) is 0 Å². The van der Waals surface area contributed by atoms with Gasteiger partial charge in [0, 0.05) is 6.54 Å². The maximum Gasteiger partial charge on any atom is 0.419 e. The van der Waals surface area contributed by atoms with Crippen LogP contribution in [0.4, 0.5) is 13.2 Å². The monoisotopic (exact) mass is 302 g/mol. The van der Waals surface area contributed by atoms with Crippen molar-refractivity contribution in [3.05, 3.63) is 40.3 Å². The minimum absolute atomic E-state index is 0.0189. The molecule has 9 heteroatoms. The number of hydrogen-bond acceptors (Lipinski definition) is 4. The Morgan fingerprint density at radius 3 is 2.48 bits per heavy atom. The van der Waals surface area contributed by atoms with E-state index >= 15 is 0 Å². The standard InChI is InChI=1S/C12H13F3N4O2/c1-2-18-11(20)19(17-16-18)7-8-21-10-6-4-3-5-9(10)12(13,14)15/h3-6H,2,7-8H2,1H3. The molecule has 2 rings (SSSR count). The van der Waals surface area contributed by atoms with E-state index in [1.165, 1.54) is 18.2 Å². The van der Waals surface area contributed by atoms with Crippen LogP contribution in [0.5, 0.6) is 5.75 Å². The molecule has 1 aromatic carbocycles. The van der Waals surface area contributed by atoms with Gasteiger partial charge in [0.1, 0.15) is 12.4 Å². The summed E-state index contributed by atoms with van der Waals surface area (Å²) in [6.07, 6.45) is -4.49. The molecule has 2 aromatic rings. The molecule has 1 aromatic heterocycles. The lowest BCUT2D eigenvalue weighted by atomic mass is 10.2. The van der Waals surface area contributed by atoms with E-state index in [1.54, 1.807) is 6.92 Å². The van der Waals surface area contributed by atoms with E-state index < -0.39 is 17.4 Å². The van der Waals surface area contributed by atoms with Crippen molar-refractivity contribution < 1.29 is 17.9 Å². The number of ether oxygens (including phenoxy) is 1. The van der Waals surface area contributed by atoms with Crippen LogP contribution in [0.15, 0.2) is 29.1 Å². The summed E-state index contributed by atoms with van der Waals surface area (Å²) in [5, 5.41) is 7.20. The van der Waals surface area contributed by atoms with Crippen molar-refractivity contribution in [3.63, 3.8) is 0 Å². The van der Waals surface area contributed by atoms with Gasteiger partial charge in [0.05, 0.1) is 12.1 Å². The second kappa shape index (κ2) is 5.98. The molecule has 0 aliphatic rings. The molecule has 21 heavy (non-hydrogen) atoms. The molecule has 114 valence electrons. The van der Waals surface area contributed by atoms with Crippen molar-refractivity contribution in [2.75, 3.05) is 6.61 Å². The zero-order valence-corrected chi connectivity index (χ0v) is 11.2. The minimum Gasteiger partial charge on any atom is -0.491 e. The van der Waals surface area contributed by atoms with Crippen molar-refractivity contribution >= 4 is 0 Å². The summed E-state index contributed by atoms with van der Waals surface area (Å²) in [4.78, 5) is 11.6. The lowest BCUT2D eigenvalue weighted by molar-refractivity contribution is -0.139. The maximum absolute atomic E-state index is 12.8. The number of alkyl halides is 3. The van der Waals surface area contributed by atoms with Gasteiger partial charge < -0.3 is 4.74 Å². The number of halogens is 3. The molecular formula is C12H13F3N4O2. The highest BCUT2D eigenvalue weighted by atomic mass is 19.4. The van der Waals surface area contributed by atoms with Crippen molar-refractivity contribution in [1.82, 2.24) is 19.8 Å². The van der Waals surface area contributed by atoms with Crippen LogP contribution in [0.2, 0.25) is 0 Å². The number of aromatic nitrogens is 4. The third-order valence-corrected chi connectivity index (χ3v) is 2.75. The topological polar surface area (TPSA) is 61.9 Å². The van der Waals surface area contributed by atoms with Gasteiger partial charge in [-0.2, -0.15) is 22.5 Å². The molecule has 0 amide bonds. The van der Waals surface area contributed by atoms with Gasteiger partial charge in [0.15, 0.2) is 0 Å². The zero-order chi connectivity index (χ0) is 15.5. The van der Waals surface area contributed by atoms with E-state index in [0.29, 0.717) is 6.54 Å². The van der Waals surface area contributed by atoms with E-state index in [-0.39, 0.29) is 18.9 Å². The van der Waals surface area contributed by atoms with Gasteiger partial charge in [-0.25, -0.2) is 4.79 Å². The normalized spacial score (nSPS) is 11.6. The third-order valence-electron chi connectivity index (χ3n) is 2.75. The fourth-order valence-electron chi connectivity index (χ4n) is 1.71. The Morgan fingerprint density at radius 2 is 1.86 bits per heavy atom. The number of nitrogens with zero attached hydrogens (tertiary/aromatic N) is 4. The second-order valence-corrected chi connectivity index (χ2v) is 4.14. The van der Waals surface area contributed by atoms with Crippen LogP contribution in [0, 0.1) is 0 Å². The summed E-state index contributed by atoms with van der Waals surface area (Å²) in [7, 11) is 0. The number of para-hydroxylation sites is 1. The van der Waals surface area contributed by atoms with E-state index in [0.717, 1.165) is 15.4 Å². The van der Waals surface area contributed by atoms with Gasteiger partial charge in [0.2, 0.25) is 0 Å². The van der Waals surface area contributed by atoms with Gasteiger partial charge in [-0.05, 0) is 29.5 Å². The van der Waals surface area contributed by atoms with Crippen LogP contribution in [0.3, 0.4) is 0 Å². The molecular weight excluding hydrogens is 289 g/mol. The SMILES string of the molecule is CCn1nnn(CCOc2ccccc2C(F)(F)F)c1=O. The van der Waals surface area contributed by atoms with E-state index in [1.807, 2.05) is 0 Å². The van der Waals surface area contributed by atoms with Crippen molar-refractivity contribution in [1.29, 1.82) is 0 Å². The Hall–Kier alpha value is -2.32.